The molecule has 2 aromatic heterocycles. The Morgan fingerprint density at radius 3 is 2.81 bits per heavy atom. The molecule has 4 rings (SSSR count). The highest BCUT2D eigenvalue weighted by Gasteiger charge is 2.35. The number of benzene rings is 1. The first-order valence-corrected chi connectivity index (χ1v) is 9.58. The molecule has 1 amide bonds. The van der Waals surface area contributed by atoms with Gasteiger partial charge in [0.25, 0.3) is 0 Å². The van der Waals surface area contributed by atoms with Crippen LogP contribution in [-0.4, -0.2) is 30.2 Å². The number of aromatic nitrogens is 1. The van der Waals surface area contributed by atoms with E-state index < -0.39 is 5.76 Å². The van der Waals surface area contributed by atoms with E-state index in [0.717, 1.165) is 12.8 Å². The molecule has 1 fully saturated rings. The Balaban J connectivity index is 1.49. The topological polar surface area (TPSA) is 73.5 Å². The average Bonchev–Trinajstić information content (AvgIpc) is 3.30. The second-order valence-electron chi connectivity index (χ2n) is 6.60. The maximum atomic E-state index is 12.5. The van der Waals surface area contributed by atoms with Crippen molar-refractivity contribution < 1.29 is 13.9 Å². The summed E-state index contributed by atoms with van der Waals surface area (Å²) in [6, 6.07) is 9.23. The van der Waals surface area contributed by atoms with Gasteiger partial charge in [0.2, 0.25) is 5.91 Å². The Morgan fingerprint density at radius 2 is 2.04 bits per heavy atom. The van der Waals surface area contributed by atoms with Crippen LogP contribution in [0.1, 0.15) is 18.4 Å². The summed E-state index contributed by atoms with van der Waals surface area (Å²) in [7, 11) is 0. The highest BCUT2D eigenvalue weighted by atomic mass is 32.1. The number of ether oxygens (including phenoxy) is 1. The monoisotopic (exact) mass is 372 g/mol. The van der Waals surface area contributed by atoms with Gasteiger partial charge in [0.15, 0.2) is 5.58 Å². The summed E-state index contributed by atoms with van der Waals surface area (Å²) in [5.41, 5.74) is 2.27. The molecule has 1 saturated heterocycles. The lowest BCUT2D eigenvalue weighted by Gasteiger charge is -2.37. The molecule has 0 aliphatic carbocycles. The van der Waals surface area contributed by atoms with E-state index in [1.165, 1.54) is 10.1 Å². The second kappa shape index (κ2) is 7.09. The zero-order valence-electron chi connectivity index (χ0n) is 14.3. The maximum Gasteiger partial charge on any atom is 0.420 e. The van der Waals surface area contributed by atoms with Gasteiger partial charge >= 0.3 is 5.76 Å². The molecule has 3 heterocycles. The van der Waals surface area contributed by atoms with E-state index in [1.54, 1.807) is 29.5 Å². The van der Waals surface area contributed by atoms with Crippen LogP contribution in [0, 0.1) is 0 Å². The fraction of sp³-hybridized carbons (Fsp3) is 0.368. The van der Waals surface area contributed by atoms with Gasteiger partial charge in [0, 0.05) is 25.2 Å². The minimum atomic E-state index is -0.514. The van der Waals surface area contributed by atoms with Crippen molar-refractivity contribution in [3.8, 4) is 0 Å². The third kappa shape index (κ3) is 3.20. The van der Waals surface area contributed by atoms with Crippen LogP contribution in [0.5, 0.6) is 0 Å². The largest absolute Gasteiger partial charge is 0.420 e. The Kier molecular flexibility index (Phi) is 4.65. The number of rotatable bonds is 5. The first kappa shape index (κ1) is 17.1. The molecule has 0 unspecified atom stereocenters. The SMILES string of the molecule is O=C(Cn1c(=O)oc2ccccc21)NCC1(c2ccsc2)CCOCC1. The van der Waals surface area contributed by atoms with Crippen LogP contribution in [-0.2, 0) is 21.5 Å². The lowest BCUT2D eigenvalue weighted by Crippen LogP contribution is -2.45. The zero-order chi connectivity index (χ0) is 18.0. The second-order valence-corrected chi connectivity index (χ2v) is 7.38. The van der Waals surface area contributed by atoms with Gasteiger partial charge in [-0.2, -0.15) is 11.3 Å². The van der Waals surface area contributed by atoms with Crippen molar-refractivity contribution in [2.24, 2.45) is 0 Å². The number of amides is 1. The normalized spacial score (nSPS) is 16.6. The van der Waals surface area contributed by atoms with Crippen LogP contribution in [0.25, 0.3) is 11.1 Å². The van der Waals surface area contributed by atoms with Crippen molar-refractivity contribution in [1.29, 1.82) is 0 Å². The van der Waals surface area contributed by atoms with Crippen molar-refractivity contribution in [2.75, 3.05) is 19.8 Å². The molecule has 26 heavy (non-hydrogen) atoms. The van der Waals surface area contributed by atoms with E-state index >= 15 is 0 Å². The van der Waals surface area contributed by atoms with Crippen LogP contribution in [0.3, 0.4) is 0 Å². The van der Waals surface area contributed by atoms with Gasteiger partial charge in [-0.3, -0.25) is 9.36 Å². The molecular weight excluding hydrogens is 352 g/mol. The highest BCUT2D eigenvalue weighted by Crippen LogP contribution is 2.35. The highest BCUT2D eigenvalue weighted by molar-refractivity contribution is 7.08. The van der Waals surface area contributed by atoms with Crippen molar-refractivity contribution in [3.05, 3.63) is 57.2 Å². The van der Waals surface area contributed by atoms with Crippen molar-refractivity contribution in [2.45, 2.75) is 24.8 Å². The fourth-order valence-corrected chi connectivity index (χ4v) is 4.31. The molecule has 0 bridgehead atoms. The van der Waals surface area contributed by atoms with Crippen LogP contribution in [0.15, 0.2) is 50.3 Å². The standard InChI is InChI=1S/C19H20N2O4S/c22-17(11-21-15-3-1-2-4-16(15)25-18(21)23)20-13-19(6-8-24-9-7-19)14-5-10-26-12-14/h1-5,10,12H,6-9,11,13H2,(H,20,22). The summed E-state index contributed by atoms with van der Waals surface area (Å²) in [4.78, 5) is 24.6. The Morgan fingerprint density at radius 1 is 1.23 bits per heavy atom. The first-order chi connectivity index (χ1) is 12.7. The number of fused-ring (bicyclic) bond motifs is 1. The van der Waals surface area contributed by atoms with Crippen LogP contribution in [0.2, 0.25) is 0 Å². The van der Waals surface area contributed by atoms with E-state index in [2.05, 4.69) is 22.1 Å². The molecule has 0 atom stereocenters. The third-order valence-corrected chi connectivity index (χ3v) is 5.77. The predicted molar refractivity (Wildman–Crippen MR) is 99.5 cm³/mol. The van der Waals surface area contributed by atoms with Crippen molar-refractivity contribution >= 4 is 28.3 Å². The summed E-state index contributed by atoms with van der Waals surface area (Å²) in [6.07, 6.45) is 1.75. The minimum Gasteiger partial charge on any atom is -0.408 e. The molecule has 0 saturated carbocycles. The lowest BCUT2D eigenvalue weighted by atomic mass is 9.75. The minimum absolute atomic E-state index is 0.0495. The summed E-state index contributed by atoms with van der Waals surface area (Å²) in [6.45, 7) is 1.87. The van der Waals surface area contributed by atoms with E-state index in [4.69, 9.17) is 9.15 Å². The number of carbonyl (C=O) groups is 1. The Labute approximate surface area is 154 Å². The maximum absolute atomic E-state index is 12.5. The zero-order valence-corrected chi connectivity index (χ0v) is 15.1. The first-order valence-electron chi connectivity index (χ1n) is 8.63. The summed E-state index contributed by atoms with van der Waals surface area (Å²) >= 11 is 1.66. The van der Waals surface area contributed by atoms with E-state index in [1.807, 2.05) is 6.07 Å². The van der Waals surface area contributed by atoms with Crippen LogP contribution < -0.4 is 11.1 Å². The molecule has 3 aromatic rings. The van der Waals surface area contributed by atoms with Gasteiger partial charge in [0.05, 0.1) is 5.52 Å². The Bertz CT molecular complexity index is 951. The predicted octanol–water partition coefficient (Wildman–Crippen LogP) is 2.52. The van der Waals surface area contributed by atoms with E-state index in [9.17, 15) is 9.59 Å². The van der Waals surface area contributed by atoms with Gasteiger partial charge in [-0.05, 0) is 47.4 Å². The molecule has 1 aliphatic heterocycles. The summed E-state index contributed by atoms with van der Waals surface area (Å²) in [5.74, 6) is -0.709. The number of nitrogens with zero attached hydrogens (tertiary/aromatic N) is 1. The molecular formula is C19H20N2O4S. The molecule has 6 nitrogen and oxygen atoms in total. The van der Waals surface area contributed by atoms with Gasteiger partial charge in [-0.15, -0.1) is 0 Å². The molecule has 136 valence electrons. The lowest BCUT2D eigenvalue weighted by molar-refractivity contribution is -0.122. The molecule has 0 spiro atoms. The molecule has 1 aliphatic rings. The smallest absolute Gasteiger partial charge is 0.408 e. The van der Waals surface area contributed by atoms with Gasteiger partial charge in [-0.1, -0.05) is 12.1 Å². The number of carbonyl (C=O) groups excluding carboxylic acids is 1. The number of nitrogens with one attached hydrogen (secondary N) is 1. The number of thiophene rings is 1. The van der Waals surface area contributed by atoms with Gasteiger partial charge in [-0.25, -0.2) is 4.79 Å². The molecule has 7 heteroatoms. The van der Waals surface area contributed by atoms with Crippen molar-refractivity contribution in [1.82, 2.24) is 9.88 Å². The summed E-state index contributed by atoms with van der Waals surface area (Å²) < 4.78 is 12.1. The van der Waals surface area contributed by atoms with E-state index in [-0.39, 0.29) is 17.9 Å². The van der Waals surface area contributed by atoms with Crippen molar-refractivity contribution in [3.63, 3.8) is 0 Å². The van der Waals surface area contributed by atoms with Gasteiger partial charge in [0.1, 0.15) is 6.54 Å². The Hall–Kier alpha value is -2.38. The molecule has 1 aromatic carbocycles. The van der Waals surface area contributed by atoms with Crippen LogP contribution >= 0.6 is 11.3 Å². The molecule has 1 N–H and O–H groups in total. The number of para-hydroxylation sites is 2. The molecule has 0 radical (unpaired) electrons. The average molecular weight is 372 g/mol. The number of hydrogen-bond acceptors (Lipinski definition) is 5. The third-order valence-electron chi connectivity index (χ3n) is 5.08. The quantitative estimate of drug-likeness (QED) is 0.747. The summed E-state index contributed by atoms with van der Waals surface area (Å²) in [5, 5.41) is 7.23. The number of oxazole rings is 1. The fourth-order valence-electron chi connectivity index (χ4n) is 3.53. The van der Waals surface area contributed by atoms with E-state index in [0.29, 0.717) is 30.9 Å². The van der Waals surface area contributed by atoms with Crippen LogP contribution in [0.4, 0.5) is 0 Å². The van der Waals surface area contributed by atoms with Gasteiger partial charge < -0.3 is 14.5 Å². The number of hydrogen-bond donors (Lipinski definition) is 1.